The van der Waals surface area contributed by atoms with Gasteiger partial charge in [-0.2, -0.15) is 0 Å². The third-order valence-corrected chi connectivity index (χ3v) is 3.70. The molecule has 0 radical (unpaired) electrons. The molecular weight excluding hydrogens is 313 g/mol. The Labute approximate surface area is 117 Å². The molecule has 1 aliphatic carbocycles. The minimum absolute atomic E-state index is 0. The summed E-state index contributed by atoms with van der Waals surface area (Å²) < 4.78 is 0. The Kier molecular flexibility index (Phi) is 7.35. The van der Waals surface area contributed by atoms with E-state index in [9.17, 15) is 0 Å². The summed E-state index contributed by atoms with van der Waals surface area (Å²) in [5, 5.41) is 0. The zero-order valence-corrected chi connectivity index (χ0v) is 13.2. The van der Waals surface area contributed by atoms with Crippen LogP contribution in [0.5, 0.6) is 0 Å². The van der Waals surface area contributed by atoms with Crippen LogP contribution >= 0.6 is 24.0 Å². The summed E-state index contributed by atoms with van der Waals surface area (Å²) >= 11 is 0. The van der Waals surface area contributed by atoms with Crippen molar-refractivity contribution in [3.63, 3.8) is 0 Å². The summed E-state index contributed by atoms with van der Waals surface area (Å²) in [4.78, 5) is 6.39. The second kappa shape index (κ2) is 7.35. The van der Waals surface area contributed by atoms with Crippen molar-refractivity contribution in [1.29, 1.82) is 0 Å². The molecule has 96 valence electrons. The third-order valence-electron chi connectivity index (χ3n) is 3.70. The molecule has 4 heteroatoms. The summed E-state index contributed by atoms with van der Waals surface area (Å²) in [6.45, 7) is 3.19. The van der Waals surface area contributed by atoms with Crippen molar-refractivity contribution < 1.29 is 0 Å². The quantitative estimate of drug-likeness (QED) is 0.488. The molecule has 0 atom stereocenters. The molecule has 1 fully saturated rings. The summed E-state index contributed by atoms with van der Waals surface area (Å²) in [7, 11) is 3.89. The van der Waals surface area contributed by atoms with Gasteiger partial charge in [0.05, 0.1) is 0 Å². The highest BCUT2D eigenvalue weighted by Crippen LogP contribution is 2.39. The Bertz CT molecular complexity index is 220. The smallest absolute Gasteiger partial charge is 0.190 e. The number of guanidine groups is 1. The molecule has 0 unspecified atom stereocenters. The Hall–Kier alpha value is 0. The number of nitrogens with zero attached hydrogens (tertiary/aromatic N) is 2. The van der Waals surface area contributed by atoms with Crippen molar-refractivity contribution in [1.82, 2.24) is 4.90 Å². The fourth-order valence-electron chi connectivity index (χ4n) is 2.32. The highest BCUT2D eigenvalue weighted by atomic mass is 127. The minimum Gasteiger partial charge on any atom is -0.370 e. The molecule has 0 aliphatic heterocycles. The standard InChI is InChI=1S/C12H25N3.HI/c1-4-12(8-6-5-7-9-12)10-14-11(13)15(2)3;/h4-10H2,1-3H3,(H2,13,14);1H. The maximum absolute atomic E-state index is 5.82. The normalized spacial score (nSPS) is 20.1. The Morgan fingerprint density at radius 3 is 2.25 bits per heavy atom. The molecule has 2 N–H and O–H groups in total. The molecule has 16 heavy (non-hydrogen) atoms. The molecule has 1 saturated carbocycles. The Morgan fingerprint density at radius 2 is 1.81 bits per heavy atom. The van der Waals surface area contributed by atoms with Gasteiger partial charge in [0.25, 0.3) is 0 Å². The van der Waals surface area contributed by atoms with E-state index < -0.39 is 0 Å². The molecular formula is C12H26IN3. The Morgan fingerprint density at radius 1 is 1.25 bits per heavy atom. The first-order chi connectivity index (χ1) is 7.09. The average Bonchev–Trinajstić information content (AvgIpc) is 2.27. The lowest BCUT2D eigenvalue weighted by atomic mass is 9.72. The van der Waals surface area contributed by atoms with E-state index in [4.69, 9.17) is 5.73 Å². The number of aliphatic imine (C=N–C) groups is 1. The first kappa shape index (κ1) is 16.0. The first-order valence-electron chi connectivity index (χ1n) is 6.07. The summed E-state index contributed by atoms with van der Waals surface area (Å²) in [6.07, 6.45) is 8.02. The van der Waals surface area contributed by atoms with Crippen LogP contribution in [0.3, 0.4) is 0 Å². The van der Waals surface area contributed by atoms with Crippen molar-refractivity contribution in [2.24, 2.45) is 16.1 Å². The fourth-order valence-corrected chi connectivity index (χ4v) is 2.32. The molecule has 0 spiro atoms. The fraction of sp³-hybridized carbons (Fsp3) is 0.917. The van der Waals surface area contributed by atoms with Crippen molar-refractivity contribution >= 4 is 29.9 Å². The van der Waals surface area contributed by atoms with Gasteiger partial charge in [-0.25, -0.2) is 0 Å². The summed E-state index contributed by atoms with van der Waals surface area (Å²) in [5.41, 5.74) is 6.27. The van der Waals surface area contributed by atoms with E-state index in [2.05, 4.69) is 11.9 Å². The first-order valence-corrected chi connectivity index (χ1v) is 6.07. The number of hydrogen-bond acceptors (Lipinski definition) is 1. The van der Waals surface area contributed by atoms with Crippen LogP contribution in [0.4, 0.5) is 0 Å². The van der Waals surface area contributed by atoms with Crippen molar-refractivity contribution in [3.05, 3.63) is 0 Å². The predicted octanol–water partition coefficient (Wildman–Crippen LogP) is 2.84. The highest BCUT2D eigenvalue weighted by molar-refractivity contribution is 14.0. The van der Waals surface area contributed by atoms with Crippen molar-refractivity contribution in [2.45, 2.75) is 45.4 Å². The molecule has 0 aromatic rings. The largest absolute Gasteiger partial charge is 0.370 e. The van der Waals surface area contributed by atoms with E-state index in [0.717, 1.165) is 6.54 Å². The molecule has 1 rings (SSSR count). The molecule has 0 heterocycles. The maximum atomic E-state index is 5.82. The van der Waals surface area contributed by atoms with Gasteiger partial charge in [0.1, 0.15) is 0 Å². The second-order valence-electron chi connectivity index (χ2n) is 4.98. The number of halogens is 1. The van der Waals surface area contributed by atoms with Gasteiger partial charge in [-0.1, -0.05) is 26.2 Å². The molecule has 3 nitrogen and oxygen atoms in total. The number of nitrogens with two attached hydrogens (primary N) is 1. The summed E-state index contributed by atoms with van der Waals surface area (Å²) in [6, 6.07) is 0. The van der Waals surface area contributed by atoms with Crippen LogP contribution in [0, 0.1) is 5.41 Å². The van der Waals surface area contributed by atoms with Gasteiger partial charge >= 0.3 is 0 Å². The number of hydrogen-bond donors (Lipinski definition) is 1. The lowest BCUT2D eigenvalue weighted by Crippen LogP contribution is -2.33. The van der Waals surface area contributed by atoms with E-state index >= 15 is 0 Å². The SMILES string of the molecule is CCC1(CN=C(N)N(C)C)CCCCC1.I. The lowest BCUT2D eigenvalue weighted by molar-refractivity contribution is 0.191. The van der Waals surface area contributed by atoms with E-state index in [1.807, 2.05) is 19.0 Å². The van der Waals surface area contributed by atoms with Crippen LogP contribution in [0.1, 0.15) is 45.4 Å². The molecule has 0 bridgehead atoms. The van der Waals surface area contributed by atoms with Crippen LogP contribution in [0.15, 0.2) is 4.99 Å². The molecule has 0 aromatic heterocycles. The van der Waals surface area contributed by atoms with E-state index in [0.29, 0.717) is 11.4 Å². The van der Waals surface area contributed by atoms with E-state index in [1.165, 1.54) is 38.5 Å². The van der Waals surface area contributed by atoms with Gasteiger partial charge in [-0.3, -0.25) is 4.99 Å². The van der Waals surface area contributed by atoms with Crippen LogP contribution in [0.25, 0.3) is 0 Å². The average molecular weight is 339 g/mol. The van der Waals surface area contributed by atoms with Crippen LogP contribution in [0.2, 0.25) is 0 Å². The van der Waals surface area contributed by atoms with Gasteiger partial charge in [0.15, 0.2) is 5.96 Å². The van der Waals surface area contributed by atoms with E-state index in [-0.39, 0.29) is 24.0 Å². The zero-order chi connectivity index (χ0) is 11.3. The monoisotopic (exact) mass is 339 g/mol. The molecule has 0 saturated heterocycles. The number of rotatable bonds is 3. The minimum atomic E-state index is 0. The van der Waals surface area contributed by atoms with Crippen molar-refractivity contribution in [2.75, 3.05) is 20.6 Å². The van der Waals surface area contributed by atoms with Gasteiger partial charge in [-0.05, 0) is 24.7 Å². The highest BCUT2D eigenvalue weighted by Gasteiger charge is 2.29. The topological polar surface area (TPSA) is 41.6 Å². The third kappa shape index (κ3) is 4.47. The predicted molar refractivity (Wildman–Crippen MR) is 81.4 cm³/mol. The second-order valence-corrected chi connectivity index (χ2v) is 4.98. The molecule has 0 aromatic carbocycles. The van der Waals surface area contributed by atoms with Gasteiger partial charge in [0, 0.05) is 20.6 Å². The van der Waals surface area contributed by atoms with Gasteiger partial charge in [-0.15, -0.1) is 24.0 Å². The Balaban J connectivity index is 0.00000225. The summed E-state index contributed by atoms with van der Waals surface area (Å²) in [5.74, 6) is 0.661. The van der Waals surface area contributed by atoms with Crippen LogP contribution in [-0.2, 0) is 0 Å². The lowest BCUT2D eigenvalue weighted by Gasteiger charge is -2.35. The van der Waals surface area contributed by atoms with Gasteiger partial charge < -0.3 is 10.6 Å². The van der Waals surface area contributed by atoms with Crippen LogP contribution < -0.4 is 5.73 Å². The maximum Gasteiger partial charge on any atom is 0.190 e. The van der Waals surface area contributed by atoms with Crippen molar-refractivity contribution in [3.8, 4) is 0 Å². The van der Waals surface area contributed by atoms with Gasteiger partial charge in [0.2, 0.25) is 0 Å². The molecule has 0 amide bonds. The zero-order valence-electron chi connectivity index (χ0n) is 10.8. The van der Waals surface area contributed by atoms with Crippen LogP contribution in [-0.4, -0.2) is 31.5 Å². The van der Waals surface area contributed by atoms with E-state index in [1.54, 1.807) is 0 Å². The molecule has 1 aliphatic rings.